The van der Waals surface area contributed by atoms with Crippen LogP contribution in [-0.4, -0.2) is 53.3 Å². The third-order valence-corrected chi connectivity index (χ3v) is 10.0. The minimum absolute atomic E-state index is 0.0289. The zero-order valence-corrected chi connectivity index (χ0v) is 42.4. The lowest BCUT2D eigenvalue weighted by Crippen LogP contribution is -2.21. The molecule has 0 unspecified atom stereocenters. The van der Waals surface area contributed by atoms with Gasteiger partial charge in [-0.1, -0.05) is 177 Å². The van der Waals surface area contributed by atoms with Crippen molar-refractivity contribution in [3.05, 3.63) is 168 Å². The number of hydrogen-bond acceptors (Lipinski definition) is 5. The average Bonchev–Trinajstić information content (AvgIpc) is 3.33. The van der Waals surface area contributed by atoms with Gasteiger partial charge in [0.15, 0.2) is 5.78 Å². The van der Waals surface area contributed by atoms with Crippen LogP contribution < -0.4 is 0 Å². The van der Waals surface area contributed by atoms with E-state index < -0.39 is 5.24 Å². The molecule has 4 aromatic carbocycles. The van der Waals surface area contributed by atoms with Crippen molar-refractivity contribution < 1.29 is 9.59 Å². The average molecular weight is 942 g/mol. The highest BCUT2D eigenvalue weighted by Crippen LogP contribution is 2.15. The van der Waals surface area contributed by atoms with E-state index in [1.807, 2.05) is 54.8 Å². The van der Waals surface area contributed by atoms with Gasteiger partial charge in [0, 0.05) is 18.9 Å². The van der Waals surface area contributed by atoms with Gasteiger partial charge < -0.3 is 4.90 Å². The molecule has 0 aromatic heterocycles. The van der Waals surface area contributed by atoms with Crippen molar-refractivity contribution in [2.24, 2.45) is 9.98 Å². The first kappa shape index (κ1) is 60.4. The molecule has 0 heterocycles. The molecule has 352 valence electrons. The summed E-state index contributed by atoms with van der Waals surface area (Å²) in [6, 6.07) is 33.5. The first-order valence-electron chi connectivity index (χ1n) is 23.1. The molecule has 0 aliphatic rings. The maximum Gasteiger partial charge on any atom is 0.244 e. The van der Waals surface area contributed by atoms with Gasteiger partial charge >= 0.3 is 0 Å². The molecule has 0 saturated carbocycles. The van der Waals surface area contributed by atoms with Crippen LogP contribution in [-0.2, 0) is 28.9 Å². The van der Waals surface area contributed by atoms with Crippen molar-refractivity contribution in [2.75, 3.05) is 25.0 Å². The Labute approximate surface area is 409 Å². The summed E-state index contributed by atoms with van der Waals surface area (Å²) in [6.45, 7) is 23.3. The molecule has 0 aliphatic heterocycles. The minimum Gasteiger partial charge on any atom is -0.304 e. The zero-order valence-electron chi connectivity index (χ0n) is 40.2. The van der Waals surface area contributed by atoms with Gasteiger partial charge in [-0.05, 0) is 140 Å². The van der Waals surface area contributed by atoms with Crippen molar-refractivity contribution in [2.45, 2.75) is 112 Å². The Kier molecular flexibility index (Phi) is 39.0. The number of carbonyl (C=O) groups is 2. The number of hydrogen-bond donors (Lipinski definition) is 0. The molecule has 0 atom stereocenters. The SMILES string of the molecule is C=CC(=O)Cc1ccc(N=C/C=C/c2ccc(CCCCCC)cc2)cc1.C=CC(=O)Cl.CCCCCCc1ccc(/C=C/C=Nc2ccc(C)cc2)cc1.CCN(CC)CC.ClCCl. The van der Waals surface area contributed by atoms with E-state index in [4.69, 9.17) is 34.8 Å². The fourth-order valence-corrected chi connectivity index (χ4v) is 5.94. The standard InChI is InChI=1S/C25H29NO.C22H27N.C6H15N.C3H3ClO.CH2Cl2/c1-3-5-6-7-9-21-11-13-22(14-12-21)10-8-19-26-24-17-15-23(16-18-24)20-25(27)4-2;1-3-4-5-6-8-20-12-14-21(15-13-20)9-7-18-23-22-16-10-19(2)11-17-22;1-4-7(5-2)6-3;1-2-3(4)5;2-1-3/h4,8,10-19H,2-3,5-7,9,20H2,1H3;7,9-18H,3-6,8H2,1-2H3;4-6H2,1-3H3;2H,1H2;1H2/b10-8+,26-19?;9-7+,23-18?;;;. The number of ketones is 1. The van der Waals surface area contributed by atoms with E-state index >= 15 is 0 Å². The Morgan fingerprint density at radius 2 is 0.923 bits per heavy atom. The van der Waals surface area contributed by atoms with Gasteiger partial charge in [0.1, 0.15) is 0 Å². The number of unbranched alkanes of at least 4 members (excludes halogenated alkanes) is 6. The highest BCUT2D eigenvalue weighted by atomic mass is 35.5. The number of carbonyl (C=O) groups excluding carboxylic acids is 2. The van der Waals surface area contributed by atoms with E-state index in [0.717, 1.165) is 23.0 Å². The topological polar surface area (TPSA) is 62.1 Å². The summed E-state index contributed by atoms with van der Waals surface area (Å²) in [6.07, 6.45) is 27.4. The lowest BCUT2D eigenvalue weighted by Gasteiger charge is -2.13. The molecule has 0 spiro atoms. The molecule has 0 amide bonds. The summed E-state index contributed by atoms with van der Waals surface area (Å²) >= 11 is 14.2. The molecule has 0 saturated heterocycles. The van der Waals surface area contributed by atoms with Crippen LogP contribution in [0.1, 0.15) is 119 Å². The van der Waals surface area contributed by atoms with Crippen LogP contribution in [0.5, 0.6) is 0 Å². The van der Waals surface area contributed by atoms with Crippen LogP contribution in [0.25, 0.3) is 12.2 Å². The summed E-state index contributed by atoms with van der Waals surface area (Å²) < 4.78 is 0. The van der Waals surface area contributed by atoms with Crippen LogP contribution in [0.15, 0.2) is 145 Å². The first-order chi connectivity index (χ1) is 31.5. The van der Waals surface area contributed by atoms with Gasteiger partial charge in [-0.15, -0.1) is 23.2 Å². The van der Waals surface area contributed by atoms with Gasteiger partial charge in [-0.3, -0.25) is 19.6 Å². The van der Waals surface area contributed by atoms with Gasteiger partial charge in [-0.2, -0.15) is 0 Å². The number of allylic oxidation sites excluding steroid dienone is 4. The normalized spacial score (nSPS) is 10.7. The smallest absolute Gasteiger partial charge is 0.244 e. The van der Waals surface area contributed by atoms with Crippen LogP contribution in [0.2, 0.25) is 0 Å². The predicted octanol–water partition coefficient (Wildman–Crippen LogP) is 16.8. The Morgan fingerprint density at radius 1 is 0.554 bits per heavy atom. The van der Waals surface area contributed by atoms with E-state index in [0.29, 0.717) is 6.42 Å². The van der Waals surface area contributed by atoms with E-state index in [9.17, 15) is 9.59 Å². The van der Waals surface area contributed by atoms with Crippen LogP contribution in [0.3, 0.4) is 0 Å². The van der Waals surface area contributed by atoms with E-state index in [1.54, 1.807) is 6.21 Å². The maximum atomic E-state index is 11.4. The second kappa shape index (κ2) is 42.0. The summed E-state index contributed by atoms with van der Waals surface area (Å²) in [5.41, 5.74) is 9.34. The summed E-state index contributed by atoms with van der Waals surface area (Å²) in [7, 11) is 0. The molecule has 0 aliphatic carbocycles. The van der Waals surface area contributed by atoms with Crippen molar-refractivity contribution in [1.82, 2.24) is 4.90 Å². The van der Waals surface area contributed by atoms with Crippen molar-refractivity contribution in [3.8, 4) is 0 Å². The molecule has 4 rings (SSSR count). The molecule has 8 heteroatoms. The van der Waals surface area contributed by atoms with Gasteiger partial charge in [-0.25, -0.2) is 0 Å². The van der Waals surface area contributed by atoms with Crippen LogP contribution in [0.4, 0.5) is 11.4 Å². The molecule has 0 N–H and O–H groups in total. The largest absolute Gasteiger partial charge is 0.304 e. The molecule has 0 radical (unpaired) electrons. The molecular formula is C57H76Cl3N3O2. The molecule has 4 aromatic rings. The monoisotopic (exact) mass is 940 g/mol. The van der Waals surface area contributed by atoms with E-state index in [2.05, 4.69) is 142 Å². The van der Waals surface area contributed by atoms with E-state index in [-0.39, 0.29) is 11.1 Å². The van der Waals surface area contributed by atoms with Crippen molar-refractivity contribution in [1.29, 1.82) is 0 Å². The third kappa shape index (κ3) is 34.4. The predicted molar refractivity (Wildman–Crippen MR) is 291 cm³/mol. The lowest BCUT2D eigenvalue weighted by molar-refractivity contribution is -0.114. The number of halogens is 3. The van der Waals surface area contributed by atoms with Gasteiger partial charge in [0.05, 0.1) is 16.7 Å². The Balaban J connectivity index is 0.000000967. The molecular weight excluding hydrogens is 865 g/mol. The number of alkyl halides is 2. The fraction of sp³-hybridized carbons (Fsp3) is 0.368. The zero-order chi connectivity index (χ0) is 48.3. The quantitative estimate of drug-likeness (QED) is 0.0245. The maximum absolute atomic E-state index is 11.4. The molecule has 5 nitrogen and oxygen atoms in total. The van der Waals surface area contributed by atoms with Gasteiger partial charge in [0.25, 0.3) is 0 Å². The summed E-state index contributed by atoms with van der Waals surface area (Å²) in [4.78, 5) is 32.0. The second-order valence-corrected chi connectivity index (χ2v) is 16.1. The number of nitrogens with zero attached hydrogens (tertiary/aromatic N) is 3. The lowest BCUT2D eigenvalue weighted by atomic mass is 10.0. The number of benzene rings is 4. The van der Waals surface area contributed by atoms with Gasteiger partial charge in [0.2, 0.25) is 5.24 Å². The van der Waals surface area contributed by atoms with E-state index in [1.165, 1.54) is 118 Å². The highest BCUT2D eigenvalue weighted by molar-refractivity contribution is 6.66. The molecule has 0 bridgehead atoms. The molecule has 0 fully saturated rings. The first-order valence-corrected chi connectivity index (χ1v) is 24.5. The minimum atomic E-state index is -0.509. The van der Waals surface area contributed by atoms with Crippen LogP contribution in [0, 0.1) is 6.92 Å². The van der Waals surface area contributed by atoms with Crippen molar-refractivity contribution in [3.63, 3.8) is 0 Å². The Hall–Kier alpha value is -4.65. The number of aryl methyl sites for hydroxylation is 3. The summed E-state index contributed by atoms with van der Waals surface area (Å²) in [5, 5.41) is -0.315. The van der Waals surface area contributed by atoms with Crippen LogP contribution >= 0.6 is 34.8 Å². The Bertz CT molecular complexity index is 1920. The fourth-order valence-electron chi connectivity index (χ4n) is 5.94. The number of rotatable bonds is 23. The second-order valence-electron chi connectivity index (χ2n) is 15.0. The molecule has 65 heavy (non-hydrogen) atoms. The summed E-state index contributed by atoms with van der Waals surface area (Å²) in [5.74, 6) is 0.0289. The third-order valence-electron chi connectivity index (χ3n) is 9.87. The Morgan fingerprint density at radius 3 is 1.25 bits per heavy atom. The number of aliphatic imine (C=N–C) groups is 2. The highest BCUT2D eigenvalue weighted by Gasteiger charge is 1.99. The van der Waals surface area contributed by atoms with Crippen molar-refractivity contribution >= 4 is 81.8 Å².